The van der Waals surface area contributed by atoms with Gasteiger partial charge in [0.05, 0.1) is 65.1 Å². The maximum Gasteiger partial charge on any atom is 0.414 e. The number of aryl methyl sites for hydroxylation is 2. The van der Waals surface area contributed by atoms with Gasteiger partial charge >= 0.3 is 18.3 Å². The second-order valence-corrected chi connectivity index (χ2v) is 39.3. The van der Waals surface area contributed by atoms with Crippen molar-refractivity contribution in [3.05, 3.63) is 167 Å². The van der Waals surface area contributed by atoms with Crippen LogP contribution in [0.25, 0.3) is 44.8 Å². The third kappa shape index (κ3) is 31.6. The number of halogens is 8. The molecule has 8 heterocycles. The molecule has 4 saturated carbocycles. The summed E-state index contributed by atoms with van der Waals surface area (Å²) < 4.78 is 157. The van der Waals surface area contributed by atoms with Gasteiger partial charge in [-0.05, 0) is 238 Å². The molecule has 4 aliphatic rings. The summed E-state index contributed by atoms with van der Waals surface area (Å²) in [7, 11) is -8.21. The van der Waals surface area contributed by atoms with Crippen LogP contribution in [0, 0.1) is 48.8 Å². The fourth-order valence-electron chi connectivity index (χ4n) is 14.9. The molecule has 2 aromatic carbocycles. The lowest BCUT2D eigenvalue weighted by Crippen LogP contribution is -2.48. The normalized spacial score (nSPS) is 18.4. The Kier molecular flexibility index (Phi) is 38.9. The van der Waals surface area contributed by atoms with Crippen molar-refractivity contribution in [2.45, 2.75) is 284 Å². The number of carbonyl (C=O) groups is 3. The molecule has 14 rings (SSSR count). The molecule has 740 valence electrons. The topological polar surface area (TPSA) is 511 Å². The van der Waals surface area contributed by atoms with Gasteiger partial charge in [-0.25, -0.2) is 115 Å². The highest BCUT2D eigenvalue weighted by atomic mass is 35.5. The molecule has 4 aliphatic carbocycles. The maximum atomic E-state index is 15.0. The first kappa shape index (κ1) is 111. The lowest BCUT2D eigenvalue weighted by Gasteiger charge is -2.29. The molecule has 46 heteroatoms. The van der Waals surface area contributed by atoms with E-state index < -0.39 is 90.0 Å². The van der Waals surface area contributed by atoms with Crippen LogP contribution in [0.4, 0.5) is 64.0 Å². The Balaban J connectivity index is 0.000000255. The summed E-state index contributed by atoms with van der Waals surface area (Å²) >= 11 is 11.4. The number of alkyl carbamates (subject to hydrolysis) is 3. The highest BCUT2D eigenvalue weighted by Crippen LogP contribution is 2.37. The minimum absolute atomic E-state index is 0. The zero-order chi connectivity index (χ0) is 95.9. The van der Waals surface area contributed by atoms with Crippen LogP contribution in [-0.4, -0.2) is 176 Å². The number of nitrogens with one attached hydrogen (secondary N) is 7. The van der Waals surface area contributed by atoms with Gasteiger partial charge in [-0.15, -0.1) is 0 Å². The summed E-state index contributed by atoms with van der Waals surface area (Å²) in [6.45, 7) is 19.2. The highest BCUT2D eigenvalue weighted by Gasteiger charge is 2.33. The summed E-state index contributed by atoms with van der Waals surface area (Å²) in [5.41, 5.74) is 22.7. The third-order valence-electron chi connectivity index (χ3n) is 20.6. The van der Waals surface area contributed by atoms with Crippen molar-refractivity contribution in [3.8, 4) is 22.8 Å². The van der Waals surface area contributed by atoms with E-state index in [0.29, 0.717) is 38.5 Å². The number of fused-ring (bicyclic) bond motifs is 2. The zero-order valence-electron chi connectivity index (χ0n) is 74.3. The molecular weight excluding hydrogens is 1850 g/mol. The van der Waals surface area contributed by atoms with Crippen LogP contribution in [0.2, 0.25) is 10.6 Å². The van der Waals surface area contributed by atoms with Crippen molar-refractivity contribution < 1.29 is 71.8 Å². The van der Waals surface area contributed by atoms with E-state index in [1.807, 2.05) is 13.8 Å². The first-order valence-corrected chi connectivity index (χ1v) is 46.0. The summed E-state index contributed by atoms with van der Waals surface area (Å²) in [5.74, 6) is -4.01. The Morgan fingerprint density at radius 1 is 0.434 bits per heavy atom. The smallest absolute Gasteiger partial charge is 0.414 e. The Morgan fingerprint density at radius 2 is 0.757 bits per heavy atom. The molecule has 3 amide bonds. The van der Waals surface area contributed by atoms with Crippen LogP contribution < -0.4 is 60.2 Å². The molecule has 8 aromatic heterocycles. The first-order valence-electron chi connectivity index (χ1n) is 42.4. The number of hydrogen-bond acceptors (Lipinski definition) is 28. The van der Waals surface area contributed by atoms with Crippen LogP contribution in [-0.2, 0) is 34.3 Å². The van der Waals surface area contributed by atoms with Crippen LogP contribution in [0.1, 0.15) is 206 Å². The Hall–Kier alpha value is -12.4. The van der Waals surface area contributed by atoms with Gasteiger partial charge in [-0.1, -0.05) is 65.1 Å². The predicted octanol–water partition coefficient (Wildman–Crippen LogP) is 17.1. The van der Waals surface area contributed by atoms with Gasteiger partial charge in [0.15, 0.2) is 81.4 Å². The average molecular weight is 1980 g/mol. The number of hydrogen-bond donors (Lipinski definition) is 11. The number of nitrogens with two attached hydrogens (primary N) is 4. The Labute approximate surface area is 798 Å². The summed E-state index contributed by atoms with van der Waals surface area (Å²) in [5, 5.41) is 19.9. The van der Waals surface area contributed by atoms with Crippen molar-refractivity contribution in [2.24, 2.45) is 37.9 Å². The minimum Gasteiger partial charge on any atom is -0.444 e. The molecule has 0 radical (unpaired) electrons. The van der Waals surface area contributed by atoms with Crippen LogP contribution in [0.3, 0.4) is 0 Å². The number of anilines is 4. The fourth-order valence-corrected chi connectivity index (χ4v) is 17.8. The number of aliphatic imine (C=N–C) groups is 3. The fraction of sp³-hybridized carbons (Fsp3) is 0.467. The highest BCUT2D eigenvalue weighted by molar-refractivity contribution is 7.90. The molecule has 15 N–H and O–H groups in total. The molecule has 4 fully saturated rings. The van der Waals surface area contributed by atoms with Crippen LogP contribution in [0.15, 0.2) is 135 Å². The van der Waals surface area contributed by atoms with E-state index in [9.17, 15) is 57.6 Å². The van der Waals surface area contributed by atoms with Gasteiger partial charge in [-0.3, -0.25) is 20.9 Å². The number of guanidine groups is 3. The second kappa shape index (κ2) is 47.9. The van der Waals surface area contributed by atoms with Gasteiger partial charge in [0.2, 0.25) is 16.5 Å². The monoisotopic (exact) mass is 1970 g/mol. The van der Waals surface area contributed by atoms with E-state index in [1.54, 1.807) is 86.6 Å². The zero-order valence-corrected chi connectivity index (χ0v) is 77.4. The molecule has 136 heavy (non-hydrogen) atoms. The van der Waals surface area contributed by atoms with Crippen LogP contribution >= 0.6 is 23.2 Å². The van der Waals surface area contributed by atoms with E-state index in [4.69, 9.17) is 60.3 Å². The molecule has 10 aromatic rings. The molecule has 36 nitrogen and oxygen atoms in total. The number of ether oxygens (including phenoxy) is 3. The number of carbonyl (C=O) groups excluding carboxylic acids is 3. The maximum absolute atomic E-state index is 15.0. The van der Waals surface area contributed by atoms with E-state index in [1.165, 1.54) is 36.7 Å². The number of aromatic nitrogens is 12. The largest absolute Gasteiger partial charge is 0.444 e. The Bertz CT molecular complexity index is 6100. The summed E-state index contributed by atoms with van der Waals surface area (Å²) in [6.07, 6.45) is 18.5. The lowest BCUT2D eigenvalue weighted by atomic mass is 9.91. The third-order valence-corrected chi connectivity index (χ3v) is 24.3. The van der Waals surface area contributed by atoms with Gasteiger partial charge in [0.1, 0.15) is 28.4 Å². The lowest BCUT2D eigenvalue weighted by molar-refractivity contribution is 0.0534. The van der Waals surface area contributed by atoms with Crippen molar-refractivity contribution in [2.75, 3.05) is 21.3 Å². The van der Waals surface area contributed by atoms with Gasteiger partial charge in [0.25, 0.3) is 20.0 Å². The number of rotatable bonds is 17. The minimum atomic E-state index is -4.13. The van der Waals surface area contributed by atoms with Crippen molar-refractivity contribution >= 4 is 125 Å². The molecule has 0 saturated heterocycles. The average Bonchev–Trinajstić information content (AvgIpc) is 1.60. The van der Waals surface area contributed by atoms with E-state index in [-0.39, 0.29) is 184 Å². The molecule has 0 aliphatic heterocycles. The van der Waals surface area contributed by atoms with Gasteiger partial charge < -0.3 is 58.4 Å². The molecule has 0 spiro atoms. The number of pyridine rings is 2. The number of benzene rings is 2. The van der Waals surface area contributed by atoms with Crippen molar-refractivity contribution in [3.63, 3.8) is 0 Å². The Morgan fingerprint density at radius 3 is 1.11 bits per heavy atom. The number of nitrogens with zero attached hydrogens (tertiary/aromatic N) is 15. The quantitative estimate of drug-likeness (QED) is 0.0133. The molecule has 0 bridgehead atoms. The predicted molar refractivity (Wildman–Crippen MR) is 516 cm³/mol. The number of amides is 3. The summed E-state index contributed by atoms with van der Waals surface area (Å²) in [6, 6.07) is 14.1. The van der Waals surface area contributed by atoms with E-state index in [2.05, 4.69) is 102 Å². The second-order valence-electron chi connectivity index (χ2n) is 35.0. The van der Waals surface area contributed by atoms with E-state index in [0.717, 1.165) is 133 Å². The van der Waals surface area contributed by atoms with Gasteiger partial charge in [-0.2, -0.15) is 9.97 Å². The first-order chi connectivity index (χ1) is 62.1. The van der Waals surface area contributed by atoms with Gasteiger partial charge in [0, 0.05) is 64.5 Å². The standard InChI is InChI=1S/C30H34F2N8O4S.C25H26F2N8O2S.C21H32ClFN6O4.C10H14ClFN4.4CH4/c1-17-8-10-21(11-9-17)45(42,43)40-16-23(22-12-18(31)14-35-27(22)40)25-34-15-24(32)26(38-25)36-19-6-5-7-20(13-19)37-28(33)39-29(41)44-30(2,3)4;1-14-5-7-18(8-6-14)38(36,37)35-13-20(19-9-15(26)11-31-24(19)35)22-30-12-21(27)23(34-22)32-16-3-2-4-17(10-16)33-25(28)29;1-20(2,3)32-18(30)28-17(29-19(31)33-21(4,5)6)26-13-9-7-8-12(10-13)25-15-14(23)11-24-16(22)27-15;11-10-14-5-8(12)9(16-10)15-7-3-1-2-6(13)4-7;;;;/h8-12,14-16,19-20H,5-7,13H2,1-4H3,(H,34,36,38)(H3,33,37,39,41);5-9,11-13,16-17H,2-4,10H2,1H3,(H4,28,29,33)(H,30,32,34);11-13H,7-10H2,1-6H3,(H,24,25,27)(H2,26,28,29,30,31);5-7H,1-4,13H2,(H,14,15,16);4*1H4/t19?,20-;16?,17-;12?,13-;6-,7?;;;;/m1111..../s1. The van der Waals surface area contributed by atoms with Crippen LogP contribution in [0.5, 0.6) is 0 Å². The molecule has 4 unspecified atom stereocenters. The SMILES string of the molecule is C.C.C.C.CC(C)(C)OC(=O)NC(=N[C@@H]1CCCC(Nc2nc(Cl)ncc2F)C1)NC(=O)OC(C)(C)C.Cc1ccc(S(=O)(=O)n2cc(-c3ncc(F)c(NC4CCC[C@@H](N=C(N)N)C4)n3)c3cc(F)cnc32)cc1.Cc1ccc(S(=O)(=O)n2cc(-c3ncc(F)c(NC4CCC[C@@H](N=C(N)NC(=O)OC(C)(C)C)C4)n3)c3cc(F)cnc32)cc1.N[C@@H]1CCCC(Nc2nc(Cl)ncc2F)C1. The molecule has 8 atom stereocenters. The van der Waals surface area contributed by atoms with Crippen molar-refractivity contribution in [1.29, 1.82) is 0 Å². The molecular formula is C90H122Cl2F6N26O10S2. The summed E-state index contributed by atoms with van der Waals surface area (Å²) in [4.78, 5) is 89.6. The van der Waals surface area contributed by atoms with Crippen molar-refractivity contribution in [1.82, 2.24) is 73.7 Å². The van der Waals surface area contributed by atoms with E-state index >= 15 is 0 Å².